The first kappa shape index (κ1) is 30.2. The molecule has 9 nitrogen and oxygen atoms in total. The molecule has 8 atom stereocenters. The number of carbonyl (C=O) groups excluding carboxylic acids is 2. The zero-order chi connectivity index (χ0) is 28.5. The number of nitrogens with zero attached hydrogens (tertiary/aromatic N) is 1. The van der Waals surface area contributed by atoms with Crippen LogP contribution in [0.15, 0.2) is 15.7 Å². The molecule has 39 heavy (non-hydrogen) atoms. The van der Waals surface area contributed by atoms with Crippen molar-refractivity contribution in [1.82, 2.24) is 4.98 Å². The molecule has 1 aromatic rings. The van der Waals surface area contributed by atoms with Gasteiger partial charge in [-0.05, 0) is 44.6 Å². The maximum absolute atomic E-state index is 13.8. The minimum atomic E-state index is -1.31. The van der Waals surface area contributed by atoms with Crippen molar-refractivity contribution in [1.29, 1.82) is 0 Å². The first-order valence-electron chi connectivity index (χ1n) is 14.0. The van der Waals surface area contributed by atoms with Gasteiger partial charge in [0.25, 0.3) is 0 Å². The number of aryl methyl sites for hydroxylation is 1. The number of rotatable bonds is 5. The molecule has 0 radical (unpaired) electrons. The van der Waals surface area contributed by atoms with Crippen LogP contribution in [0.3, 0.4) is 0 Å². The van der Waals surface area contributed by atoms with Crippen molar-refractivity contribution in [3.63, 3.8) is 0 Å². The SMILES string of the molecule is Cc1nc(C=C(Cl)C2CC3OC3(C)CCCC(C)C(O)C(CCC3CO3)C(=O)C(C)(C)C(O)CC(=O)O2)co1. The van der Waals surface area contributed by atoms with E-state index < -0.39 is 47.6 Å². The van der Waals surface area contributed by atoms with Crippen molar-refractivity contribution in [2.45, 2.75) is 116 Å². The minimum absolute atomic E-state index is 0.114. The topological polar surface area (TPSA) is 135 Å². The molecule has 4 heterocycles. The van der Waals surface area contributed by atoms with Gasteiger partial charge in [-0.15, -0.1) is 0 Å². The molecule has 218 valence electrons. The van der Waals surface area contributed by atoms with Crippen LogP contribution in [0.4, 0.5) is 0 Å². The Kier molecular flexibility index (Phi) is 9.28. The summed E-state index contributed by atoms with van der Waals surface area (Å²) in [7, 11) is 0. The van der Waals surface area contributed by atoms with Crippen LogP contribution in [0, 0.1) is 24.2 Å². The van der Waals surface area contributed by atoms with Crippen molar-refractivity contribution in [3.05, 3.63) is 22.9 Å². The third kappa shape index (κ3) is 7.50. The fourth-order valence-corrected chi connectivity index (χ4v) is 5.81. The molecule has 0 spiro atoms. The summed E-state index contributed by atoms with van der Waals surface area (Å²) in [6.45, 7) is 9.61. The largest absolute Gasteiger partial charge is 0.456 e. The van der Waals surface area contributed by atoms with Crippen LogP contribution in [-0.2, 0) is 23.8 Å². The number of hydrogen-bond acceptors (Lipinski definition) is 9. The van der Waals surface area contributed by atoms with Gasteiger partial charge in [0.1, 0.15) is 23.8 Å². The van der Waals surface area contributed by atoms with E-state index in [0.29, 0.717) is 37.5 Å². The Morgan fingerprint density at radius 2 is 1.95 bits per heavy atom. The third-order valence-electron chi connectivity index (χ3n) is 8.66. The lowest BCUT2D eigenvalue weighted by atomic mass is 9.71. The lowest BCUT2D eigenvalue weighted by molar-refractivity contribution is -0.154. The van der Waals surface area contributed by atoms with E-state index in [1.165, 1.54) is 6.26 Å². The number of hydrogen-bond donors (Lipinski definition) is 2. The van der Waals surface area contributed by atoms with Crippen LogP contribution < -0.4 is 0 Å². The summed E-state index contributed by atoms with van der Waals surface area (Å²) in [5.74, 6) is -1.25. The number of cyclic esters (lactones) is 1. The van der Waals surface area contributed by atoms with Crippen LogP contribution in [0.1, 0.15) is 84.2 Å². The Bertz CT molecular complexity index is 1070. The number of epoxide rings is 2. The predicted molar refractivity (Wildman–Crippen MR) is 144 cm³/mol. The van der Waals surface area contributed by atoms with E-state index in [4.69, 9.17) is 30.2 Å². The van der Waals surface area contributed by atoms with Gasteiger partial charge in [0, 0.05) is 19.3 Å². The molecule has 2 N–H and O–H groups in total. The van der Waals surface area contributed by atoms with Gasteiger partial charge in [-0.1, -0.05) is 38.8 Å². The highest BCUT2D eigenvalue weighted by atomic mass is 35.5. The number of carbonyl (C=O) groups is 2. The second-order valence-electron chi connectivity index (χ2n) is 12.3. The van der Waals surface area contributed by atoms with Crippen molar-refractivity contribution < 1.29 is 38.4 Å². The summed E-state index contributed by atoms with van der Waals surface area (Å²) in [4.78, 5) is 31.1. The predicted octanol–water partition coefficient (Wildman–Crippen LogP) is 4.34. The number of aliphatic hydroxyl groups excluding tert-OH is 2. The van der Waals surface area contributed by atoms with Crippen molar-refractivity contribution in [2.24, 2.45) is 17.3 Å². The van der Waals surface area contributed by atoms with E-state index in [0.717, 1.165) is 19.3 Å². The second kappa shape index (κ2) is 12.0. The zero-order valence-corrected chi connectivity index (χ0v) is 24.3. The summed E-state index contributed by atoms with van der Waals surface area (Å²) in [5.41, 5.74) is -1.17. The fourth-order valence-electron chi connectivity index (χ4n) is 5.56. The molecule has 0 saturated carbocycles. The van der Waals surface area contributed by atoms with E-state index in [9.17, 15) is 19.8 Å². The first-order valence-corrected chi connectivity index (χ1v) is 14.4. The molecule has 3 saturated heterocycles. The Labute approximate surface area is 235 Å². The molecular formula is C29H42ClNO8. The maximum Gasteiger partial charge on any atom is 0.309 e. The van der Waals surface area contributed by atoms with E-state index >= 15 is 0 Å². The van der Waals surface area contributed by atoms with Gasteiger partial charge in [0.15, 0.2) is 5.89 Å². The Morgan fingerprint density at radius 1 is 1.23 bits per heavy atom. The lowest BCUT2D eigenvalue weighted by Gasteiger charge is -2.36. The van der Waals surface area contributed by atoms with E-state index in [2.05, 4.69) is 4.98 Å². The Morgan fingerprint density at radius 3 is 2.59 bits per heavy atom. The monoisotopic (exact) mass is 567 g/mol. The summed E-state index contributed by atoms with van der Waals surface area (Å²) in [5, 5.41) is 22.6. The molecule has 8 unspecified atom stereocenters. The average Bonchev–Trinajstić information content (AvgIpc) is 3.76. The molecule has 3 fully saturated rings. The standard InChI is InChI=1S/C29H42ClNO8/c1-16-7-6-10-29(5)24(39-29)12-22(21(30)11-18-14-36-17(2)31-18)38-25(33)13-23(32)28(3,4)27(35)20(26(16)34)9-8-19-15-37-19/h11,14,16,19-20,22-24,26,32,34H,6-10,12-13,15H2,1-5H3. The Balaban J connectivity index is 1.57. The number of Topliss-reactive ketones (excluding diaryl/α,β-unsaturated/α-hetero) is 1. The number of ether oxygens (including phenoxy) is 3. The highest BCUT2D eigenvalue weighted by Gasteiger charge is 2.53. The van der Waals surface area contributed by atoms with Gasteiger partial charge in [-0.2, -0.15) is 0 Å². The molecule has 3 aliphatic heterocycles. The van der Waals surface area contributed by atoms with Crippen LogP contribution in [0.25, 0.3) is 6.08 Å². The normalized spacial score (nSPS) is 38.2. The molecule has 3 aliphatic rings. The zero-order valence-electron chi connectivity index (χ0n) is 23.5. The van der Waals surface area contributed by atoms with E-state index in [-0.39, 0.29) is 28.9 Å². The van der Waals surface area contributed by atoms with Gasteiger partial charge >= 0.3 is 5.97 Å². The summed E-state index contributed by atoms with van der Waals surface area (Å²) in [6, 6.07) is 0. The number of aliphatic hydroxyl groups is 2. The number of ketones is 1. The fraction of sp³-hybridized carbons (Fsp3) is 0.759. The molecule has 10 heteroatoms. The third-order valence-corrected chi connectivity index (χ3v) is 9.01. The molecule has 0 amide bonds. The molecule has 4 rings (SSSR count). The van der Waals surface area contributed by atoms with Gasteiger partial charge < -0.3 is 28.8 Å². The van der Waals surface area contributed by atoms with Crippen molar-refractivity contribution in [2.75, 3.05) is 6.61 Å². The molecule has 0 aliphatic carbocycles. The van der Waals surface area contributed by atoms with Crippen LogP contribution in [0.2, 0.25) is 0 Å². The highest BCUT2D eigenvalue weighted by molar-refractivity contribution is 6.32. The molecular weight excluding hydrogens is 526 g/mol. The number of oxazole rings is 1. The average molecular weight is 568 g/mol. The molecule has 0 bridgehead atoms. The summed E-state index contributed by atoms with van der Waals surface area (Å²) < 4.78 is 22.4. The van der Waals surface area contributed by atoms with Gasteiger partial charge in [-0.25, -0.2) is 4.98 Å². The smallest absolute Gasteiger partial charge is 0.309 e. The number of aromatic nitrogens is 1. The van der Waals surface area contributed by atoms with Gasteiger partial charge in [0.05, 0.1) is 53.5 Å². The van der Waals surface area contributed by atoms with Crippen LogP contribution >= 0.6 is 11.6 Å². The number of fused-ring (bicyclic) bond motifs is 1. The summed E-state index contributed by atoms with van der Waals surface area (Å²) >= 11 is 6.62. The van der Waals surface area contributed by atoms with Gasteiger partial charge in [0.2, 0.25) is 0 Å². The minimum Gasteiger partial charge on any atom is -0.456 e. The highest BCUT2D eigenvalue weighted by Crippen LogP contribution is 2.45. The van der Waals surface area contributed by atoms with E-state index in [1.54, 1.807) is 26.8 Å². The summed E-state index contributed by atoms with van der Waals surface area (Å²) in [6.07, 6.45) is 3.39. The first-order chi connectivity index (χ1) is 18.3. The van der Waals surface area contributed by atoms with Crippen LogP contribution in [0.5, 0.6) is 0 Å². The number of halogens is 1. The lowest BCUT2D eigenvalue weighted by Crippen LogP contribution is -2.46. The molecule has 1 aromatic heterocycles. The Hall–Kier alpha value is -1.78. The molecule has 0 aromatic carbocycles. The van der Waals surface area contributed by atoms with E-state index in [1.807, 2.05) is 13.8 Å². The second-order valence-corrected chi connectivity index (χ2v) is 12.7. The van der Waals surface area contributed by atoms with Crippen molar-refractivity contribution in [3.8, 4) is 0 Å². The quantitative estimate of drug-likeness (QED) is 0.393. The van der Waals surface area contributed by atoms with Crippen LogP contribution in [-0.4, -0.2) is 69.7 Å². The van der Waals surface area contributed by atoms with Gasteiger partial charge in [-0.3, -0.25) is 9.59 Å². The maximum atomic E-state index is 13.8. The van der Waals surface area contributed by atoms with Crippen molar-refractivity contribution >= 4 is 29.4 Å². The number of esters is 1.